The van der Waals surface area contributed by atoms with Crippen LogP contribution in [0.1, 0.15) is 15.9 Å². The molecule has 1 aromatic rings. The number of hydrogen-bond donors (Lipinski definition) is 1. The Morgan fingerprint density at radius 1 is 1.19 bits per heavy atom. The number of carbonyl (C=O) groups excluding carboxylic acids is 1. The summed E-state index contributed by atoms with van der Waals surface area (Å²) in [4.78, 5) is 10.7. The van der Waals surface area contributed by atoms with Crippen molar-refractivity contribution in [2.45, 2.75) is 0 Å². The van der Waals surface area contributed by atoms with Gasteiger partial charge < -0.3 is 18.7 Å². The summed E-state index contributed by atoms with van der Waals surface area (Å²) < 4.78 is 35.6. The first-order valence-electron chi connectivity index (χ1n) is 4.17. The Hall–Kier alpha value is -0.0787. The third-order valence-electron chi connectivity index (χ3n) is 1.70. The van der Waals surface area contributed by atoms with Crippen molar-refractivity contribution in [2.75, 3.05) is 0 Å². The summed E-state index contributed by atoms with van der Waals surface area (Å²) in [5.74, 6) is -0.412. The van der Waals surface area contributed by atoms with E-state index in [1.807, 2.05) is 0 Å². The normalized spacial score (nSPS) is 11.2. The Bertz CT molecular complexity index is 389. The van der Waals surface area contributed by atoms with Crippen molar-refractivity contribution in [3.8, 4) is 0 Å². The first-order valence-corrected chi connectivity index (χ1v) is 4.17. The Morgan fingerprint density at radius 3 is 2.06 bits per heavy atom. The molecule has 0 saturated heterocycles. The average molecular weight is 253 g/mol. The van der Waals surface area contributed by atoms with Gasteiger partial charge in [0.2, 0.25) is 5.91 Å². The number of hydrogen-bond acceptors (Lipinski definition) is 1. The van der Waals surface area contributed by atoms with E-state index in [0.29, 0.717) is 5.56 Å². The van der Waals surface area contributed by atoms with Gasteiger partial charge >= 0.3 is 58.4 Å². The summed E-state index contributed by atoms with van der Waals surface area (Å²) in [5.41, 5.74) is 5.62. The van der Waals surface area contributed by atoms with Gasteiger partial charge in [-0.25, -0.2) is 0 Å². The quantitative estimate of drug-likeness (QED) is 0.703. The predicted molar refractivity (Wildman–Crippen MR) is 53.1 cm³/mol. The maximum absolute atomic E-state index is 11.9. The zero-order chi connectivity index (χ0) is 11.5. The number of halogens is 3. The first-order chi connectivity index (χ1) is 6.88. The van der Waals surface area contributed by atoms with Gasteiger partial charge in [-0.1, -0.05) is 18.2 Å². The average Bonchev–Trinajstić information content (AvgIpc) is 2.14. The minimum atomic E-state index is -4.92. The van der Waals surface area contributed by atoms with Crippen LogP contribution in [0.25, 0.3) is 6.08 Å². The molecule has 0 heterocycles. The van der Waals surface area contributed by atoms with E-state index in [9.17, 15) is 17.7 Å². The molecule has 0 spiro atoms. The van der Waals surface area contributed by atoms with Gasteiger partial charge in [0, 0.05) is 5.56 Å². The molecule has 1 aromatic carbocycles. The Balaban J connectivity index is 0.00000225. The topological polar surface area (TPSA) is 43.1 Å². The molecule has 0 bridgehead atoms. The number of benzene rings is 1. The van der Waals surface area contributed by atoms with Crippen LogP contribution in [0.4, 0.5) is 12.9 Å². The second-order valence-electron chi connectivity index (χ2n) is 2.97. The number of carbonyl (C=O) groups is 1. The molecule has 1 rings (SSSR count). The molecular formula is C9H8BF3KNO. The van der Waals surface area contributed by atoms with Crippen LogP contribution in [0, 0.1) is 0 Å². The van der Waals surface area contributed by atoms with Crippen LogP contribution in [0.15, 0.2) is 30.2 Å². The van der Waals surface area contributed by atoms with Gasteiger partial charge in [-0.15, -0.1) is 5.98 Å². The molecule has 0 radical (unpaired) electrons. The molecule has 0 unspecified atom stereocenters. The first kappa shape index (κ1) is 15.9. The van der Waals surface area contributed by atoms with Crippen molar-refractivity contribution < 1.29 is 69.1 Å². The summed E-state index contributed by atoms with van der Waals surface area (Å²) in [6.45, 7) is -4.92. The standard InChI is InChI=1S/C9H8BF3NO.K/c11-10(12,13)6-5-7-1-3-8(4-2-7)9(14)15;/h1-6H,(H2,14,15);/q-1;+1/b6-5+;. The van der Waals surface area contributed by atoms with Gasteiger partial charge in [-0.2, -0.15) is 0 Å². The van der Waals surface area contributed by atoms with E-state index in [1.54, 1.807) is 0 Å². The molecule has 80 valence electrons. The van der Waals surface area contributed by atoms with Gasteiger partial charge in [0.15, 0.2) is 0 Å². The van der Waals surface area contributed by atoms with Crippen molar-refractivity contribution in [2.24, 2.45) is 5.73 Å². The van der Waals surface area contributed by atoms with Crippen LogP contribution in [0.2, 0.25) is 0 Å². The van der Waals surface area contributed by atoms with Gasteiger partial charge in [-0.3, -0.25) is 4.79 Å². The van der Waals surface area contributed by atoms with Crippen molar-refractivity contribution in [1.82, 2.24) is 0 Å². The fourth-order valence-electron chi connectivity index (χ4n) is 0.979. The molecule has 0 aromatic heterocycles. The zero-order valence-electron chi connectivity index (χ0n) is 8.66. The third kappa shape index (κ3) is 5.86. The minimum absolute atomic E-state index is 0. The number of primary amides is 1. The molecular weight excluding hydrogens is 245 g/mol. The summed E-state index contributed by atoms with van der Waals surface area (Å²) in [7, 11) is 0. The Labute approximate surface area is 134 Å². The molecule has 0 aliphatic rings. The van der Waals surface area contributed by atoms with Crippen LogP contribution < -0.4 is 57.1 Å². The fourth-order valence-corrected chi connectivity index (χ4v) is 0.979. The van der Waals surface area contributed by atoms with E-state index in [1.165, 1.54) is 24.3 Å². The Morgan fingerprint density at radius 2 is 1.69 bits per heavy atom. The molecule has 1 amide bonds. The predicted octanol–water partition coefficient (Wildman–Crippen LogP) is -0.811. The molecule has 16 heavy (non-hydrogen) atoms. The van der Waals surface area contributed by atoms with Gasteiger partial charge in [0.1, 0.15) is 0 Å². The van der Waals surface area contributed by atoms with Crippen molar-refractivity contribution in [3.63, 3.8) is 0 Å². The second kappa shape index (κ2) is 6.61. The molecule has 7 heteroatoms. The summed E-state index contributed by atoms with van der Waals surface area (Å²) in [6, 6.07) is 5.56. The number of nitrogens with two attached hydrogens (primary N) is 1. The smallest absolute Gasteiger partial charge is 0.445 e. The molecule has 2 N–H and O–H groups in total. The largest absolute Gasteiger partial charge is 1.00 e. The third-order valence-corrected chi connectivity index (χ3v) is 1.70. The van der Waals surface area contributed by atoms with Gasteiger partial charge in [0.25, 0.3) is 0 Å². The van der Waals surface area contributed by atoms with E-state index in [2.05, 4.69) is 0 Å². The van der Waals surface area contributed by atoms with Crippen LogP contribution in [0.5, 0.6) is 0 Å². The molecule has 0 saturated carbocycles. The van der Waals surface area contributed by atoms with Crippen LogP contribution in [-0.4, -0.2) is 12.9 Å². The number of rotatable bonds is 3. The number of amides is 1. The van der Waals surface area contributed by atoms with Crippen LogP contribution >= 0.6 is 0 Å². The van der Waals surface area contributed by atoms with E-state index < -0.39 is 12.9 Å². The fraction of sp³-hybridized carbons (Fsp3) is 0. The van der Waals surface area contributed by atoms with E-state index >= 15 is 0 Å². The van der Waals surface area contributed by atoms with E-state index in [0.717, 1.165) is 6.08 Å². The van der Waals surface area contributed by atoms with Crippen molar-refractivity contribution >= 4 is 19.0 Å². The molecule has 0 aliphatic carbocycles. The Kier molecular flexibility index (Phi) is 6.57. The maximum Gasteiger partial charge on any atom is 1.00 e. The SMILES string of the molecule is NC(=O)c1ccc(/C=C/[B-](F)(F)F)cc1.[K+]. The summed E-state index contributed by atoms with van der Waals surface area (Å²) in [6.07, 6.45) is 0.949. The van der Waals surface area contributed by atoms with Crippen LogP contribution in [0.3, 0.4) is 0 Å². The van der Waals surface area contributed by atoms with Crippen LogP contribution in [-0.2, 0) is 0 Å². The van der Waals surface area contributed by atoms with Crippen molar-refractivity contribution in [1.29, 1.82) is 0 Å². The monoisotopic (exact) mass is 253 g/mol. The zero-order valence-corrected chi connectivity index (χ0v) is 11.8. The van der Waals surface area contributed by atoms with E-state index in [4.69, 9.17) is 5.73 Å². The summed E-state index contributed by atoms with van der Waals surface area (Å²) in [5, 5.41) is 0. The molecule has 0 atom stereocenters. The van der Waals surface area contributed by atoms with Gasteiger partial charge in [-0.05, 0) is 17.7 Å². The van der Waals surface area contributed by atoms with Gasteiger partial charge in [0.05, 0.1) is 0 Å². The maximum atomic E-state index is 11.9. The minimum Gasteiger partial charge on any atom is -0.445 e. The second-order valence-corrected chi connectivity index (χ2v) is 2.97. The molecule has 0 aliphatic heterocycles. The summed E-state index contributed by atoms with van der Waals surface area (Å²) >= 11 is 0. The van der Waals surface area contributed by atoms with Crippen molar-refractivity contribution in [3.05, 3.63) is 41.4 Å². The van der Waals surface area contributed by atoms with E-state index in [-0.39, 0.29) is 62.9 Å². The molecule has 2 nitrogen and oxygen atoms in total. The molecule has 0 fully saturated rings.